The highest BCUT2D eigenvalue weighted by Gasteiger charge is 2.44. The molecule has 1 amide bonds. The van der Waals surface area contributed by atoms with Crippen molar-refractivity contribution in [1.29, 1.82) is 0 Å². The van der Waals surface area contributed by atoms with Crippen LogP contribution in [0.5, 0.6) is 0 Å². The number of carbonyl (C=O) groups excluding carboxylic acids is 1. The van der Waals surface area contributed by atoms with Gasteiger partial charge in [-0.2, -0.15) is 0 Å². The Morgan fingerprint density at radius 1 is 0.493 bits per heavy atom. The van der Waals surface area contributed by atoms with Gasteiger partial charge in [0.1, 0.15) is 24.4 Å². The first-order valence-electron chi connectivity index (χ1n) is 28.4. The van der Waals surface area contributed by atoms with Gasteiger partial charge >= 0.3 is 0 Å². The quantitative estimate of drug-likeness (QED) is 0.0261. The van der Waals surface area contributed by atoms with Crippen molar-refractivity contribution in [2.45, 2.75) is 301 Å². The molecule has 0 aliphatic carbocycles. The van der Waals surface area contributed by atoms with Gasteiger partial charge in [0, 0.05) is 6.42 Å². The van der Waals surface area contributed by atoms with Crippen LogP contribution < -0.4 is 5.32 Å². The number of aliphatic hydroxyl groups is 5. The first-order valence-corrected chi connectivity index (χ1v) is 28.4. The van der Waals surface area contributed by atoms with E-state index in [-0.39, 0.29) is 12.5 Å². The van der Waals surface area contributed by atoms with E-state index in [1.807, 2.05) is 6.08 Å². The third-order valence-electron chi connectivity index (χ3n) is 13.4. The molecule has 9 nitrogen and oxygen atoms in total. The Morgan fingerprint density at radius 2 is 0.851 bits per heavy atom. The normalized spacial score (nSPS) is 20.0. The number of hydrogen-bond donors (Lipinski definition) is 6. The van der Waals surface area contributed by atoms with Gasteiger partial charge in [-0.3, -0.25) is 4.79 Å². The SMILES string of the molecule is CCCCCC/C=C\CCCCCCCC(=O)NC(COC1OC(CO)C(O)C(O)C1O)C(O)/C=C/CC/C=C/CC/C=C/CCCCCCCCCCCCCCCCCCCCCCC. The number of hydrogen-bond acceptors (Lipinski definition) is 8. The van der Waals surface area contributed by atoms with Crippen molar-refractivity contribution in [3.05, 3.63) is 48.6 Å². The molecule has 7 atom stereocenters. The minimum absolute atomic E-state index is 0.200. The third-order valence-corrected chi connectivity index (χ3v) is 13.4. The molecule has 0 aromatic carbocycles. The maximum atomic E-state index is 13.0. The van der Waals surface area contributed by atoms with Gasteiger partial charge in [0.25, 0.3) is 0 Å². The zero-order valence-electron chi connectivity index (χ0n) is 43.4. The van der Waals surface area contributed by atoms with Gasteiger partial charge in [-0.05, 0) is 70.6 Å². The highest BCUT2D eigenvalue weighted by atomic mass is 16.7. The average Bonchev–Trinajstić information content (AvgIpc) is 3.33. The molecule has 67 heavy (non-hydrogen) atoms. The molecule has 1 rings (SSSR count). The largest absolute Gasteiger partial charge is 0.394 e. The molecule has 0 bridgehead atoms. The molecule has 1 saturated heterocycles. The molecule has 392 valence electrons. The topological polar surface area (TPSA) is 149 Å². The maximum absolute atomic E-state index is 13.0. The minimum atomic E-state index is -1.58. The van der Waals surface area contributed by atoms with Crippen LogP contribution in [0.15, 0.2) is 48.6 Å². The number of nitrogens with one attached hydrogen (secondary N) is 1. The van der Waals surface area contributed by atoms with Crippen molar-refractivity contribution in [2.75, 3.05) is 13.2 Å². The summed E-state index contributed by atoms with van der Waals surface area (Å²) in [5, 5.41) is 54.3. The molecule has 1 heterocycles. The fraction of sp³-hybridized carbons (Fsp3) is 0.845. The summed E-state index contributed by atoms with van der Waals surface area (Å²) in [5.41, 5.74) is 0. The van der Waals surface area contributed by atoms with Gasteiger partial charge in [-0.25, -0.2) is 0 Å². The van der Waals surface area contributed by atoms with E-state index in [4.69, 9.17) is 9.47 Å². The van der Waals surface area contributed by atoms with E-state index < -0.39 is 49.5 Å². The Labute approximate surface area is 412 Å². The van der Waals surface area contributed by atoms with Gasteiger partial charge in [0.05, 0.1) is 25.4 Å². The highest BCUT2D eigenvalue weighted by Crippen LogP contribution is 2.23. The van der Waals surface area contributed by atoms with Crippen LogP contribution in [0.25, 0.3) is 0 Å². The molecule has 0 aromatic heterocycles. The van der Waals surface area contributed by atoms with Crippen LogP contribution in [0.1, 0.15) is 258 Å². The van der Waals surface area contributed by atoms with Crippen molar-refractivity contribution in [3.63, 3.8) is 0 Å². The lowest BCUT2D eigenvalue weighted by atomic mass is 9.99. The molecule has 1 fully saturated rings. The van der Waals surface area contributed by atoms with E-state index in [0.717, 1.165) is 64.2 Å². The number of ether oxygens (including phenoxy) is 2. The first-order chi connectivity index (χ1) is 32.8. The summed E-state index contributed by atoms with van der Waals surface area (Å²) in [4.78, 5) is 13.0. The smallest absolute Gasteiger partial charge is 0.220 e. The first kappa shape index (κ1) is 63.2. The van der Waals surface area contributed by atoms with Gasteiger partial charge in [-0.15, -0.1) is 0 Å². The summed E-state index contributed by atoms with van der Waals surface area (Å²) in [6, 6.07) is -0.833. The Morgan fingerprint density at radius 3 is 1.27 bits per heavy atom. The van der Waals surface area contributed by atoms with E-state index in [1.165, 1.54) is 173 Å². The second-order valence-electron chi connectivity index (χ2n) is 19.7. The summed E-state index contributed by atoms with van der Waals surface area (Å²) in [6.07, 6.45) is 56.3. The molecule has 1 aliphatic heterocycles. The summed E-state index contributed by atoms with van der Waals surface area (Å²) >= 11 is 0. The maximum Gasteiger partial charge on any atom is 0.220 e. The van der Waals surface area contributed by atoms with Crippen LogP contribution in [-0.4, -0.2) is 87.5 Å². The van der Waals surface area contributed by atoms with Crippen LogP contribution in [-0.2, 0) is 14.3 Å². The Kier molecular flexibility index (Phi) is 45.1. The third kappa shape index (κ3) is 37.6. The molecule has 9 heteroatoms. The van der Waals surface area contributed by atoms with Crippen molar-refractivity contribution in [2.24, 2.45) is 0 Å². The van der Waals surface area contributed by atoms with E-state index in [1.54, 1.807) is 6.08 Å². The Hall–Kier alpha value is -1.85. The van der Waals surface area contributed by atoms with Gasteiger partial charge in [-0.1, -0.05) is 229 Å². The number of amides is 1. The second-order valence-corrected chi connectivity index (χ2v) is 19.7. The Bertz CT molecular complexity index is 1190. The van der Waals surface area contributed by atoms with Crippen LogP contribution in [0, 0.1) is 0 Å². The van der Waals surface area contributed by atoms with Gasteiger partial charge < -0.3 is 40.3 Å². The van der Waals surface area contributed by atoms with E-state index in [9.17, 15) is 30.3 Å². The lowest BCUT2D eigenvalue weighted by Gasteiger charge is -2.40. The van der Waals surface area contributed by atoms with Gasteiger partial charge in [0.2, 0.25) is 5.91 Å². The lowest BCUT2D eigenvalue weighted by molar-refractivity contribution is -0.302. The molecule has 1 aliphatic rings. The van der Waals surface area contributed by atoms with Crippen molar-refractivity contribution in [1.82, 2.24) is 5.32 Å². The highest BCUT2D eigenvalue weighted by molar-refractivity contribution is 5.76. The lowest BCUT2D eigenvalue weighted by Crippen LogP contribution is -2.60. The van der Waals surface area contributed by atoms with Crippen LogP contribution in [0.3, 0.4) is 0 Å². The molecule has 0 radical (unpaired) electrons. The molecule has 7 unspecified atom stereocenters. The zero-order valence-corrected chi connectivity index (χ0v) is 43.4. The fourth-order valence-electron chi connectivity index (χ4n) is 8.83. The monoisotopic (exact) mass is 946 g/mol. The van der Waals surface area contributed by atoms with Gasteiger partial charge in [0.15, 0.2) is 6.29 Å². The molecule has 6 N–H and O–H groups in total. The van der Waals surface area contributed by atoms with Crippen LogP contribution in [0.4, 0.5) is 0 Å². The van der Waals surface area contributed by atoms with Crippen molar-refractivity contribution < 1.29 is 39.8 Å². The summed E-state index contributed by atoms with van der Waals surface area (Å²) in [5.74, 6) is -0.200. The van der Waals surface area contributed by atoms with Crippen LogP contribution in [0.2, 0.25) is 0 Å². The standard InChI is InChI=1S/C58H107NO8/c1-3-5-7-9-11-13-15-17-18-19-20-21-22-23-24-25-26-27-28-29-30-31-32-33-34-36-37-39-41-43-45-47-52(61)51(50-66-58-57(65)56(64)55(63)53(49-60)67-58)59-54(62)48-46-44-42-40-38-35-16-14-12-10-8-6-4-2/h14,16,32-33,37,39,45,47,51-53,55-58,60-61,63-65H,3-13,15,17-31,34-36,38,40-44,46,48-50H2,1-2H3,(H,59,62)/b16-14-,33-32+,39-37+,47-45+. The van der Waals surface area contributed by atoms with E-state index in [2.05, 4.69) is 55.6 Å². The van der Waals surface area contributed by atoms with Crippen molar-refractivity contribution in [3.8, 4) is 0 Å². The molecular formula is C58H107NO8. The number of allylic oxidation sites excluding steroid dienone is 7. The van der Waals surface area contributed by atoms with Crippen molar-refractivity contribution >= 4 is 5.91 Å². The molecule has 0 spiro atoms. The van der Waals surface area contributed by atoms with E-state index in [0.29, 0.717) is 6.42 Å². The molecule has 0 saturated carbocycles. The molecular weight excluding hydrogens is 839 g/mol. The van der Waals surface area contributed by atoms with Crippen LogP contribution >= 0.6 is 0 Å². The Balaban J connectivity index is 2.21. The summed E-state index contributed by atoms with van der Waals surface area (Å²) < 4.78 is 11.2. The number of unbranched alkanes of at least 4 members (excludes halogenated alkanes) is 32. The zero-order chi connectivity index (χ0) is 48.7. The fourth-order valence-corrected chi connectivity index (χ4v) is 8.83. The average molecular weight is 946 g/mol. The summed E-state index contributed by atoms with van der Waals surface area (Å²) in [7, 11) is 0. The predicted molar refractivity (Wildman–Crippen MR) is 281 cm³/mol. The predicted octanol–water partition coefficient (Wildman–Crippen LogP) is 13.7. The number of aliphatic hydroxyl groups excluding tert-OH is 5. The molecule has 0 aromatic rings. The summed E-state index contributed by atoms with van der Waals surface area (Å²) in [6.45, 7) is 3.74. The minimum Gasteiger partial charge on any atom is -0.394 e. The number of rotatable bonds is 48. The second kappa shape index (κ2) is 47.8. The van der Waals surface area contributed by atoms with E-state index >= 15 is 0 Å². The number of carbonyl (C=O) groups is 1.